The summed E-state index contributed by atoms with van der Waals surface area (Å²) >= 11 is 0. The third-order valence-corrected chi connectivity index (χ3v) is 6.17. The topological polar surface area (TPSA) is 172 Å². The fourth-order valence-corrected chi connectivity index (χ4v) is 4.39. The van der Waals surface area contributed by atoms with Gasteiger partial charge in [0.25, 0.3) is 5.56 Å². The van der Waals surface area contributed by atoms with Crippen LogP contribution in [0.2, 0.25) is 0 Å². The van der Waals surface area contributed by atoms with Gasteiger partial charge in [0.1, 0.15) is 12.3 Å². The van der Waals surface area contributed by atoms with Crippen molar-refractivity contribution < 1.29 is 28.7 Å². The zero-order valence-electron chi connectivity index (χ0n) is 17.7. The summed E-state index contributed by atoms with van der Waals surface area (Å²) in [6.07, 6.45) is -1.25. The lowest BCUT2D eigenvalue weighted by molar-refractivity contribution is -0.0424. The molecule has 0 unspecified atom stereocenters. The van der Waals surface area contributed by atoms with Crippen molar-refractivity contribution >= 4 is 35.7 Å². The Labute approximate surface area is 192 Å². The number of benzene rings is 2. The molecule has 0 amide bonds. The number of aliphatic hydroxyl groups excluding tert-OH is 1. The highest BCUT2D eigenvalue weighted by Gasteiger charge is 2.37. The zero-order valence-corrected chi connectivity index (χ0v) is 18.6. The van der Waals surface area contributed by atoms with Gasteiger partial charge in [0, 0.05) is 13.0 Å². The van der Waals surface area contributed by atoms with Crippen molar-refractivity contribution in [2.45, 2.75) is 31.4 Å². The van der Waals surface area contributed by atoms with E-state index in [9.17, 15) is 14.5 Å². The van der Waals surface area contributed by atoms with Crippen LogP contribution in [0.15, 0.2) is 53.6 Å². The van der Waals surface area contributed by atoms with Crippen LogP contribution in [-0.4, -0.2) is 53.2 Å². The molecule has 0 saturated carbocycles. The number of aromatic nitrogens is 4. The van der Waals surface area contributed by atoms with E-state index in [1.54, 1.807) is 0 Å². The predicted molar refractivity (Wildman–Crippen MR) is 122 cm³/mol. The van der Waals surface area contributed by atoms with E-state index in [1.165, 1.54) is 10.9 Å². The van der Waals surface area contributed by atoms with Crippen molar-refractivity contribution in [2.75, 3.05) is 11.9 Å². The molecule has 0 aliphatic carbocycles. The molecule has 5 N–H and O–H groups in total. The summed E-state index contributed by atoms with van der Waals surface area (Å²) < 4.78 is 22.6. The minimum Gasteiger partial charge on any atom is -0.390 e. The number of imidazole rings is 1. The molecule has 3 heterocycles. The summed E-state index contributed by atoms with van der Waals surface area (Å²) in [4.78, 5) is 41.6. The minimum absolute atomic E-state index is 0.101. The monoisotopic (exact) mass is 487 g/mol. The Morgan fingerprint density at radius 3 is 2.85 bits per heavy atom. The van der Waals surface area contributed by atoms with Crippen LogP contribution in [0, 0.1) is 0 Å². The third-order valence-electron chi connectivity index (χ3n) is 5.68. The van der Waals surface area contributed by atoms with Gasteiger partial charge in [0.2, 0.25) is 5.95 Å². The smallest absolute Gasteiger partial charge is 0.390 e. The molecule has 178 valence electrons. The molecule has 1 saturated heterocycles. The number of phosphoric acid groups is 1. The molecule has 1 aliphatic heterocycles. The molecule has 1 fully saturated rings. The Hall–Kier alpha value is -3.12. The van der Waals surface area contributed by atoms with Crippen molar-refractivity contribution in [3.63, 3.8) is 0 Å². The van der Waals surface area contributed by atoms with Crippen LogP contribution in [0.25, 0.3) is 21.9 Å². The van der Waals surface area contributed by atoms with E-state index >= 15 is 0 Å². The number of ether oxygens (including phenoxy) is 1. The van der Waals surface area contributed by atoms with Gasteiger partial charge in [-0.1, -0.05) is 42.5 Å². The second-order valence-electron chi connectivity index (χ2n) is 7.95. The van der Waals surface area contributed by atoms with Crippen LogP contribution < -0.4 is 10.9 Å². The molecule has 4 aromatic rings. The Kier molecular flexibility index (Phi) is 5.94. The average Bonchev–Trinajstić information content (AvgIpc) is 3.39. The molecule has 0 bridgehead atoms. The molecule has 12 nitrogen and oxygen atoms in total. The largest absolute Gasteiger partial charge is 0.469 e. The molecule has 13 heteroatoms. The zero-order chi connectivity index (χ0) is 23.9. The maximum absolute atomic E-state index is 12.6. The maximum Gasteiger partial charge on any atom is 0.469 e. The third kappa shape index (κ3) is 4.60. The summed E-state index contributed by atoms with van der Waals surface area (Å²) in [6, 6.07) is 14.0. The van der Waals surface area contributed by atoms with Crippen LogP contribution in [0.5, 0.6) is 0 Å². The normalized spacial score (nSPS) is 20.9. The molecular formula is C21H22N5O7P. The van der Waals surface area contributed by atoms with Crippen LogP contribution >= 0.6 is 7.82 Å². The van der Waals surface area contributed by atoms with Gasteiger partial charge in [-0.3, -0.25) is 18.9 Å². The number of H-pyrrole nitrogens is 1. The maximum atomic E-state index is 12.6. The highest BCUT2D eigenvalue weighted by Crippen LogP contribution is 2.38. The molecule has 0 spiro atoms. The first-order chi connectivity index (χ1) is 16.3. The van der Waals surface area contributed by atoms with E-state index in [2.05, 4.69) is 24.8 Å². The molecule has 5 rings (SSSR count). The van der Waals surface area contributed by atoms with Crippen LogP contribution in [0.3, 0.4) is 0 Å². The SMILES string of the molecule is O=c1[nH]c(NCc2cccc3ccccc23)nc2c1ncn2[C@H]1C[C@H](O)[C@@H](COP(=O)(O)O)O1. The fourth-order valence-electron chi connectivity index (χ4n) is 4.05. The number of hydrogen-bond donors (Lipinski definition) is 5. The molecular weight excluding hydrogens is 465 g/mol. The quantitative estimate of drug-likeness (QED) is 0.241. The van der Waals surface area contributed by atoms with Crippen molar-refractivity contribution in [1.29, 1.82) is 0 Å². The number of anilines is 1. The lowest BCUT2D eigenvalue weighted by atomic mass is 10.0. The van der Waals surface area contributed by atoms with Gasteiger partial charge in [-0.05, 0) is 16.3 Å². The highest BCUT2D eigenvalue weighted by molar-refractivity contribution is 7.46. The standard InChI is InChI=1S/C21H22N5O7P/c27-15-8-17(33-16(15)10-32-34(29,30)31)26-11-23-18-19(26)24-21(25-20(18)28)22-9-13-6-3-5-12-4-1-2-7-14(12)13/h1-7,11,15-17,27H,8-10H2,(H2,29,30,31)(H2,22,24,25,28)/t15-,16+,17+/m0/s1. The number of aromatic amines is 1. The summed E-state index contributed by atoms with van der Waals surface area (Å²) in [6.45, 7) is -0.0647. The van der Waals surface area contributed by atoms with Crippen LogP contribution in [-0.2, 0) is 20.4 Å². The molecule has 2 aromatic heterocycles. The first kappa shape index (κ1) is 22.7. The number of nitrogens with one attached hydrogen (secondary N) is 2. The van der Waals surface area contributed by atoms with Crippen molar-refractivity contribution in [1.82, 2.24) is 19.5 Å². The van der Waals surface area contributed by atoms with E-state index < -0.39 is 38.4 Å². The van der Waals surface area contributed by atoms with Gasteiger partial charge in [0.15, 0.2) is 11.2 Å². The number of nitrogens with zero attached hydrogens (tertiary/aromatic N) is 3. The molecule has 34 heavy (non-hydrogen) atoms. The minimum atomic E-state index is -4.70. The molecule has 1 aliphatic rings. The number of rotatable bonds is 7. The lowest BCUT2D eigenvalue weighted by Gasteiger charge is -2.16. The molecule has 3 atom stereocenters. The first-order valence-corrected chi connectivity index (χ1v) is 12.0. The van der Waals surface area contributed by atoms with E-state index in [-0.39, 0.29) is 23.5 Å². The van der Waals surface area contributed by atoms with Crippen LogP contribution in [0.1, 0.15) is 18.2 Å². The fraction of sp³-hybridized carbons (Fsp3) is 0.286. The van der Waals surface area contributed by atoms with Gasteiger partial charge in [-0.25, -0.2) is 9.55 Å². The number of phosphoric ester groups is 1. The molecule has 0 radical (unpaired) electrons. The van der Waals surface area contributed by atoms with Crippen LogP contribution in [0.4, 0.5) is 5.95 Å². The number of fused-ring (bicyclic) bond motifs is 2. The summed E-state index contributed by atoms with van der Waals surface area (Å²) in [5.74, 6) is 0.243. The summed E-state index contributed by atoms with van der Waals surface area (Å²) in [5.41, 5.74) is 0.940. The summed E-state index contributed by atoms with van der Waals surface area (Å²) in [5, 5.41) is 15.6. The Bertz CT molecular complexity index is 1440. The van der Waals surface area contributed by atoms with Gasteiger partial charge in [-0.2, -0.15) is 4.98 Å². The van der Waals surface area contributed by atoms with E-state index in [4.69, 9.17) is 14.5 Å². The van der Waals surface area contributed by atoms with Gasteiger partial charge in [-0.15, -0.1) is 0 Å². The van der Waals surface area contributed by atoms with Gasteiger partial charge in [0.05, 0.1) is 19.0 Å². The lowest BCUT2D eigenvalue weighted by Crippen LogP contribution is -2.25. The number of hydrogen-bond acceptors (Lipinski definition) is 8. The Morgan fingerprint density at radius 1 is 1.24 bits per heavy atom. The Morgan fingerprint density at radius 2 is 2.03 bits per heavy atom. The van der Waals surface area contributed by atoms with Gasteiger partial charge < -0.3 is 24.9 Å². The predicted octanol–water partition coefficient (Wildman–Crippen LogP) is 1.64. The van der Waals surface area contributed by atoms with Gasteiger partial charge >= 0.3 is 7.82 Å². The summed E-state index contributed by atoms with van der Waals surface area (Å²) in [7, 11) is -4.70. The second-order valence-corrected chi connectivity index (χ2v) is 9.19. The van der Waals surface area contributed by atoms with Crippen molar-refractivity contribution in [2.24, 2.45) is 0 Å². The van der Waals surface area contributed by atoms with E-state index in [1.807, 2.05) is 42.5 Å². The molecule has 2 aromatic carbocycles. The van der Waals surface area contributed by atoms with Crippen molar-refractivity contribution in [3.05, 3.63) is 64.7 Å². The van der Waals surface area contributed by atoms with Crippen molar-refractivity contribution in [3.8, 4) is 0 Å². The average molecular weight is 487 g/mol. The Balaban J connectivity index is 1.38. The van der Waals surface area contributed by atoms with E-state index in [0.717, 1.165) is 16.3 Å². The van der Waals surface area contributed by atoms with E-state index in [0.29, 0.717) is 6.54 Å². The highest BCUT2D eigenvalue weighted by atomic mass is 31.2. The number of aliphatic hydroxyl groups is 1. The first-order valence-electron chi connectivity index (χ1n) is 10.5. The second kappa shape index (κ2) is 8.91.